The number of hydrogen-bond acceptors (Lipinski definition) is 3. The summed E-state index contributed by atoms with van der Waals surface area (Å²) in [5, 5.41) is 0. The highest BCUT2D eigenvalue weighted by Gasteiger charge is 2.35. The Kier molecular flexibility index (Phi) is 5.89. The summed E-state index contributed by atoms with van der Waals surface area (Å²) in [6, 6.07) is 8.60. The molecule has 1 fully saturated rings. The fourth-order valence-electron chi connectivity index (χ4n) is 2.88. The monoisotopic (exact) mass is 368 g/mol. The highest BCUT2D eigenvalue weighted by Crippen LogP contribution is 2.31. The average molecular weight is 368 g/mol. The molecule has 1 atom stereocenters. The van der Waals surface area contributed by atoms with E-state index in [4.69, 9.17) is 4.74 Å². The summed E-state index contributed by atoms with van der Waals surface area (Å²) in [6.45, 7) is 6.32. The first-order valence-electron chi connectivity index (χ1n) is 9.33. The van der Waals surface area contributed by atoms with Crippen molar-refractivity contribution in [1.29, 1.82) is 0 Å². The van der Waals surface area contributed by atoms with Crippen LogP contribution in [0.4, 0.5) is 4.39 Å². The molecule has 1 aliphatic rings. The number of carbonyl (C=O) groups is 1. The predicted octanol–water partition coefficient (Wildman–Crippen LogP) is 5.06. The van der Waals surface area contributed by atoms with Gasteiger partial charge in [0.2, 0.25) is 5.91 Å². The lowest BCUT2D eigenvalue weighted by Crippen LogP contribution is -2.42. The predicted molar refractivity (Wildman–Crippen MR) is 104 cm³/mol. The minimum atomic E-state index is -0.483. The molecule has 1 aromatic carbocycles. The van der Waals surface area contributed by atoms with Gasteiger partial charge in [-0.25, -0.2) is 4.39 Å². The van der Waals surface area contributed by atoms with Gasteiger partial charge in [0.1, 0.15) is 5.75 Å². The Balaban J connectivity index is 1.69. The number of amides is 1. The van der Waals surface area contributed by atoms with Gasteiger partial charge < -0.3 is 9.64 Å². The Labute approximate surface area is 159 Å². The van der Waals surface area contributed by atoms with Crippen LogP contribution in [0.15, 0.2) is 48.8 Å². The maximum Gasteiger partial charge on any atom is 0.247 e. The Morgan fingerprint density at radius 3 is 2.67 bits per heavy atom. The number of ether oxygens (including phenoxy) is 1. The number of hydrogen-bond donors (Lipinski definition) is 0. The highest BCUT2D eigenvalue weighted by molar-refractivity contribution is 5.92. The molecule has 5 heteroatoms. The van der Waals surface area contributed by atoms with Crippen molar-refractivity contribution in [3.63, 3.8) is 0 Å². The van der Waals surface area contributed by atoms with Gasteiger partial charge in [0.15, 0.2) is 11.6 Å². The smallest absolute Gasteiger partial charge is 0.247 e. The van der Waals surface area contributed by atoms with E-state index in [1.54, 1.807) is 36.5 Å². The zero-order valence-electron chi connectivity index (χ0n) is 15.9. The van der Waals surface area contributed by atoms with Crippen molar-refractivity contribution in [2.24, 2.45) is 5.92 Å². The third kappa shape index (κ3) is 4.94. The van der Waals surface area contributed by atoms with Crippen LogP contribution in [0.25, 0.3) is 6.08 Å². The molecule has 142 valence electrons. The molecule has 1 amide bonds. The summed E-state index contributed by atoms with van der Waals surface area (Å²) in [6.07, 6.45) is 8.46. The summed E-state index contributed by atoms with van der Waals surface area (Å²) in [4.78, 5) is 18.5. The molecule has 1 aliphatic carbocycles. The molecule has 1 aromatic heterocycles. The molecule has 1 unspecified atom stereocenters. The zero-order chi connectivity index (χ0) is 19.4. The normalized spacial score (nSPS) is 15.1. The van der Waals surface area contributed by atoms with E-state index in [-0.39, 0.29) is 17.7 Å². The van der Waals surface area contributed by atoms with E-state index in [1.165, 1.54) is 18.3 Å². The van der Waals surface area contributed by atoms with Gasteiger partial charge in [0.05, 0.1) is 6.20 Å². The molecule has 0 spiro atoms. The van der Waals surface area contributed by atoms with Gasteiger partial charge in [-0.2, -0.15) is 0 Å². The van der Waals surface area contributed by atoms with Gasteiger partial charge in [-0.1, -0.05) is 19.9 Å². The van der Waals surface area contributed by atoms with Crippen LogP contribution in [-0.4, -0.2) is 27.9 Å². The van der Waals surface area contributed by atoms with Crippen molar-refractivity contribution in [2.75, 3.05) is 0 Å². The SMILES string of the molecule is CC(C)C(C)N(C(=O)/C=C/c1ccc(Oc2cccnc2)c(F)c1)C1CC1. The molecule has 1 heterocycles. The minimum Gasteiger partial charge on any atom is -0.453 e. The quantitative estimate of drug-likeness (QED) is 0.642. The average Bonchev–Trinajstić information content (AvgIpc) is 3.48. The van der Waals surface area contributed by atoms with Crippen LogP contribution in [0.3, 0.4) is 0 Å². The van der Waals surface area contributed by atoms with E-state index in [0.717, 1.165) is 12.8 Å². The number of halogens is 1. The largest absolute Gasteiger partial charge is 0.453 e. The Morgan fingerprint density at radius 1 is 1.30 bits per heavy atom. The number of nitrogens with zero attached hydrogens (tertiary/aromatic N) is 2. The van der Waals surface area contributed by atoms with Crippen LogP contribution in [0.1, 0.15) is 39.2 Å². The van der Waals surface area contributed by atoms with Crippen molar-refractivity contribution in [1.82, 2.24) is 9.88 Å². The molecule has 2 aromatic rings. The summed E-state index contributed by atoms with van der Waals surface area (Å²) >= 11 is 0. The van der Waals surface area contributed by atoms with Gasteiger partial charge >= 0.3 is 0 Å². The van der Waals surface area contributed by atoms with Crippen LogP contribution in [0, 0.1) is 11.7 Å². The molecule has 27 heavy (non-hydrogen) atoms. The fourth-order valence-corrected chi connectivity index (χ4v) is 2.88. The van der Waals surface area contributed by atoms with Crippen molar-refractivity contribution < 1.29 is 13.9 Å². The Hall–Kier alpha value is -2.69. The number of aromatic nitrogens is 1. The van der Waals surface area contributed by atoms with Crippen LogP contribution in [-0.2, 0) is 4.79 Å². The van der Waals surface area contributed by atoms with Gasteiger partial charge in [-0.05, 0) is 61.6 Å². The van der Waals surface area contributed by atoms with Crippen LogP contribution >= 0.6 is 0 Å². The van der Waals surface area contributed by atoms with Crippen molar-refractivity contribution >= 4 is 12.0 Å². The Morgan fingerprint density at radius 2 is 2.07 bits per heavy atom. The number of carbonyl (C=O) groups excluding carboxylic acids is 1. The topological polar surface area (TPSA) is 42.4 Å². The summed E-state index contributed by atoms with van der Waals surface area (Å²) in [5.41, 5.74) is 0.618. The molecule has 0 aliphatic heterocycles. The molecular formula is C22H25FN2O2. The van der Waals surface area contributed by atoms with Gasteiger partial charge in [-0.15, -0.1) is 0 Å². The number of benzene rings is 1. The van der Waals surface area contributed by atoms with Crippen LogP contribution < -0.4 is 4.74 Å². The maximum absolute atomic E-state index is 14.3. The summed E-state index contributed by atoms with van der Waals surface area (Å²) in [5.74, 6) is 0.485. The molecular weight excluding hydrogens is 343 g/mol. The molecule has 4 nitrogen and oxygen atoms in total. The van der Waals surface area contributed by atoms with Gasteiger partial charge in [-0.3, -0.25) is 9.78 Å². The van der Waals surface area contributed by atoms with Gasteiger partial charge in [0.25, 0.3) is 0 Å². The third-order valence-corrected chi connectivity index (χ3v) is 4.83. The first kappa shape index (κ1) is 19.1. The molecule has 1 saturated carbocycles. The van der Waals surface area contributed by atoms with E-state index in [0.29, 0.717) is 23.3 Å². The second-order valence-electron chi connectivity index (χ2n) is 7.28. The van der Waals surface area contributed by atoms with E-state index in [1.807, 2.05) is 4.90 Å². The van der Waals surface area contributed by atoms with Crippen molar-refractivity contribution in [2.45, 2.75) is 45.7 Å². The first-order valence-corrected chi connectivity index (χ1v) is 9.33. The maximum atomic E-state index is 14.3. The zero-order valence-corrected chi connectivity index (χ0v) is 15.9. The van der Waals surface area contributed by atoms with E-state index in [9.17, 15) is 9.18 Å². The lowest BCUT2D eigenvalue weighted by Gasteiger charge is -2.31. The molecule has 0 radical (unpaired) electrons. The fraction of sp³-hybridized carbons (Fsp3) is 0.364. The number of pyridine rings is 1. The van der Waals surface area contributed by atoms with E-state index >= 15 is 0 Å². The molecule has 0 saturated heterocycles. The number of rotatable bonds is 7. The summed E-state index contributed by atoms with van der Waals surface area (Å²) in [7, 11) is 0. The van der Waals surface area contributed by atoms with E-state index in [2.05, 4.69) is 25.8 Å². The van der Waals surface area contributed by atoms with Gasteiger partial charge in [0, 0.05) is 24.4 Å². The summed E-state index contributed by atoms with van der Waals surface area (Å²) < 4.78 is 19.8. The van der Waals surface area contributed by atoms with Crippen molar-refractivity contribution in [3.05, 3.63) is 60.2 Å². The van der Waals surface area contributed by atoms with Crippen molar-refractivity contribution in [3.8, 4) is 11.5 Å². The van der Waals surface area contributed by atoms with Crippen LogP contribution in [0.2, 0.25) is 0 Å². The molecule has 0 bridgehead atoms. The second-order valence-corrected chi connectivity index (χ2v) is 7.28. The first-order chi connectivity index (χ1) is 13.0. The third-order valence-electron chi connectivity index (χ3n) is 4.83. The minimum absolute atomic E-state index is 0.0187. The lowest BCUT2D eigenvalue weighted by molar-refractivity contribution is -0.129. The van der Waals surface area contributed by atoms with E-state index < -0.39 is 5.82 Å². The molecule has 0 N–H and O–H groups in total. The highest BCUT2D eigenvalue weighted by atomic mass is 19.1. The Bertz CT molecular complexity index is 816. The molecule has 3 rings (SSSR count). The standard InChI is InChI=1S/C22H25FN2O2/c1-15(2)16(3)25(18-8-9-18)22(26)11-7-17-6-10-21(20(23)13-17)27-19-5-4-12-24-14-19/h4-7,10-16,18H,8-9H2,1-3H3/b11-7+. The lowest BCUT2D eigenvalue weighted by atomic mass is 10.0. The van der Waals surface area contributed by atoms with Crippen LogP contribution in [0.5, 0.6) is 11.5 Å². The second kappa shape index (κ2) is 8.33.